The molecule has 1 aromatic carbocycles. The Morgan fingerprint density at radius 3 is 2.44 bits per heavy atom. The van der Waals surface area contributed by atoms with Gasteiger partial charge in [-0.2, -0.15) is 13.2 Å². The zero-order valence-corrected chi connectivity index (χ0v) is 10.3. The van der Waals surface area contributed by atoms with Crippen LogP contribution in [0.3, 0.4) is 0 Å². The maximum atomic E-state index is 12.5. The number of anilines is 1. The number of ether oxygens (including phenoxy) is 1. The summed E-state index contributed by atoms with van der Waals surface area (Å²) in [6.07, 6.45) is -2.70. The Hall–Kier alpha value is -0.940. The first-order valence-electron chi connectivity index (χ1n) is 5.68. The van der Waals surface area contributed by atoms with Crippen LogP contribution in [0.25, 0.3) is 0 Å². The lowest BCUT2D eigenvalue weighted by molar-refractivity contribution is -0.137. The van der Waals surface area contributed by atoms with Gasteiger partial charge in [-0.05, 0) is 31.0 Å². The van der Waals surface area contributed by atoms with Crippen molar-refractivity contribution >= 4 is 17.3 Å². The largest absolute Gasteiger partial charge is 0.416 e. The quantitative estimate of drug-likeness (QED) is 0.885. The molecule has 1 fully saturated rings. The number of alkyl halides is 3. The van der Waals surface area contributed by atoms with Crippen LogP contribution in [0.1, 0.15) is 18.4 Å². The summed E-state index contributed by atoms with van der Waals surface area (Å²) in [5.41, 5.74) is -0.193. The molecule has 0 radical (unpaired) electrons. The van der Waals surface area contributed by atoms with E-state index in [1.165, 1.54) is 6.07 Å². The zero-order chi connectivity index (χ0) is 13.2. The normalized spacial score (nSPS) is 17.8. The van der Waals surface area contributed by atoms with Crippen molar-refractivity contribution in [1.29, 1.82) is 0 Å². The molecule has 2 nitrogen and oxygen atoms in total. The molecule has 0 atom stereocenters. The molecule has 1 saturated heterocycles. The predicted octanol–water partition coefficient (Wildman–Crippen LogP) is 3.95. The monoisotopic (exact) mass is 279 g/mol. The fraction of sp³-hybridized carbons (Fsp3) is 0.500. The molecule has 1 heterocycles. The maximum absolute atomic E-state index is 12.5. The van der Waals surface area contributed by atoms with E-state index >= 15 is 0 Å². The highest BCUT2D eigenvalue weighted by Crippen LogP contribution is 2.34. The van der Waals surface area contributed by atoms with Crippen molar-refractivity contribution in [3.05, 3.63) is 28.8 Å². The van der Waals surface area contributed by atoms with Crippen LogP contribution in [0.2, 0.25) is 5.02 Å². The van der Waals surface area contributed by atoms with Crippen LogP contribution in [-0.2, 0) is 10.9 Å². The molecule has 1 aromatic rings. The molecule has 0 aliphatic carbocycles. The van der Waals surface area contributed by atoms with Crippen LogP contribution >= 0.6 is 11.6 Å². The summed E-state index contributed by atoms with van der Waals surface area (Å²) in [6.45, 7) is 1.33. The van der Waals surface area contributed by atoms with Gasteiger partial charge in [-0.25, -0.2) is 0 Å². The Morgan fingerprint density at radius 1 is 1.22 bits per heavy atom. The Bertz CT molecular complexity index is 416. The number of halogens is 4. The summed E-state index contributed by atoms with van der Waals surface area (Å²) in [4.78, 5) is 0. The van der Waals surface area contributed by atoms with Gasteiger partial charge < -0.3 is 10.1 Å². The first kappa shape index (κ1) is 13.5. The van der Waals surface area contributed by atoms with Crippen LogP contribution in [-0.4, -0.2) is 19.3 Å². The van der Waals surface area contributed by atoms with Gasteiger partial charge in [0.2, 0.25) is 0 Å². The summed E-state index contributed by atoms with van der Waals surface area (Å²) >= 11 is 5.86. The molecule has 100 valence electrons. The minimum Gasteiger partial charge on any atom is -0.381 e. The second-order valence-electron chi connectivity index (χ2n) is 4.22. The van der Waals surface area contributed by atoms with Gasteiger partial charge in [0.25, 0.3) is 0 Å². The molecule has 0 aromatic heterocycles. The molecule has 0 saturated carbocycles. The van der Waals surface area contributed by atoms with E-state index in [1.54, 1.807) is 0 Å². The summed E-state index contributed by atoms with van der Waals surface area (Å²) < 4.78 is 42.6. The van der Waals surface area contributed by atoms with Gasteiger partial charge >= 0.3 is 6.18 Å². The van der Waals surface area contributed by atoms with Gasteiger partial charge in [0, 0.05) is 19.3 Å². The number of hydrogen-bond acceptors (Lipinski definition) is 2. The van der Waals surface area contributed by atoms with Crippen molar-refractivity contribution in [2.75, 3.05) is 18.5 Å². The highest BCUT2D eigenvalue weighted by atomic mass is 35.5. The second kappa shape index (κ2) is 5.36. The van der Waals surface area contributed by atoms with Crippen LogP contribution in [0, 0.1) is 0 Å². The van der Waals surface area contributed by atoms with Crippen LogP contribution < -0.4 is 5.32 Å². The maximum Gasteiger partial charge on any atom is 0.416 e. The van der Waals surface area contributed by atoms with Gasteiger partial charge in [0.15, 0.2) is 0 Å². The molecule has 1 aliphatic heterocycles. The standard InChI is InChI=1S/C12H13ClF3NO/c13-10-7-8(12(14,15)16)1-2-11(10)17-9-3-5-18-6-4-9/h1-2,7,9,17H,3-6H2. The minimum absolute atomic E-state index is 0.0938. The predicted molar refractivity (Wildman–Crippen MR) is 63.9 cm³/mol. The van der Waals surface area contributed by atoms with Crippen LogP contribution in [0.4, 0.5) is 18.9 Å². The van der Waals surface area contributed by atoms with Gasteiger partial charge in [0.1, 0.15) is 0 Å². The minimum atomic E-state index is -4.36. The highest BCUT2D eigenvalue weighted by molar-refractivity contribution is 6.33. The number of nitrogens with one attached hydrogen (secondary N) is 1. The van der Waals surface area contributed by atoms with E-state index in [1.807, 2.05) is 0 Å². The van der Waals surface area contributed by atoms with Crippen molar-refractivity contribution < 1.29 is 17.9 Å². The summed E-state index contributed by atoms with van der Waals surface area (Å²) in [5.74, 6) is 0. The molecule has 18 heavy (non-hydrogen) atoms. The van der Waals surface area contributed by atoms with Gasteiger partial charge in [-0.15, -0.1) is 0 Å². The summed E-state index contributed by atoms with van der Waals surface area (Å²) in [6, 6.07) is 3.56. The van der Waals surface area contributed by atoms with Crippen molar-refractivity contribution in [2.24, 2.45) is 0 Å². The van der Waals surface area contributed by atoms with E-state index in [4.69, 9.17) is 16.3 Å². The third-order valence-corrected chi connectivity index (χ3v) is 3.19. The molecular formula is C12H13ClF3NO. The Kier molecular flexibility index (Phi) is 4.02. The first-order chi connectivity index (χ1) is 8.47. The molecule has 0 spiro atoms. The third kappa shape index (κ3) is 3.29. The Balaban J connectivity index is 2.09. The fourth-order valence-electron chi connectivity index (χ4n) is 1.87. The average molecular weight is 280 g/mol. The third-order valence-electron chi connectivity index (χ3n) is 2.88. The van der Waals surface area contributed by atoms with Crippen molar-refractivity contribution in [1.82, 2.24) is 0 Å². The highest BCUT2D eigenvalue weighted by Gasteiger charge is 2.31. The zero-order valence-electron chi connectivity index (χ0n) is 9.56. The summed E-state index contributed by atoms with van der Waals surface area (Å²) in [5, 5.41) is 3.24. The fourth-order valence-corrected chi connectivity index (χ4v) is 2.11. The number of hydrogen-bond donors (Lipinski definition) is 1. The van der Waals surface area contributed by atoms with E-state index in [-0.39, 0.29) is 11.1 Å². The molecule has 2 rings (SSSR count). The molecule has 1 aliphatic rings. The van der Waals surface area contributed by atoms with E-state index in [9.17, 15) is 13.2 Å². The van der Waals surface area contributed by atoms with E-state index in [0.717, 1.165) is 25.0 Å². The van der Waals surface area contributed by atoms with E-state index in [0.29, 0.717) is 18.9 Å². The van der Waals surface area contributed by atoms with E-state index in [2.05, 4.69) is 5.32 Å². The molecular weight excluding hydrogens is 267 g/mol. The van der Waals surface area contributed by atoms with Gasteiger partial charge in [-0.3, -0.25) is 0 Å². The summed E-state index contributed by atoms with van der Waals surface area (Å²) in [7, 11) is 0. The SMILES string of the molecule is FC(F)(F)c1ccc(NC2CCOCC2)c(Cl)c1. The number of benzene rings is 1. The molecule has 0 unspecified atom stereocenters. The molecule has 6 heteroatoms. The Morgan fingerprint density at radius 2 is 1.89 bits per heavy atom. The van der Waals surface area contributed by atoms with Crippen LogP contribution in [0.15, 0.2) is 18.2 Å². The smallest absolute Gasteiger partial charge is 0.381 e. The van der Waals surface area contributed by atoms with Gasteiger partial charge in [0.05, 0.1) is 16.3 Å². The van der Waals surface area contributed by atoms with Gasteiger partial charge in [-0.1, -0.05) is 11.6 Å². The molecule has 1 N–H and O–H groups in total. The number of rotatable bonds is 2. The molecule has 0 amide bonds. The Labute approximate surface area is 108 Å². The first-order valence-corrected chi connectivity index (χ1v) is 6.05. The van der Waals surface area contributed by atoms with Crippen molar-refractivity contribution in [3.8, 4) is 0 Å². The van der Waals surface area contributed by atoms with E-state index < -0.39 is 11.7 Å². The second-order valence-corrected chi connectivity index (χ2v) is 4.63. The average Bonchev–Trinajstić information content (AvgIpc) is 2.32. The molecule has 0 bridgehead atoms. The topological polar surface area (TPSA) is 21.3 Å². The van der Waals surface area contributed by atoms with Crippen LogP contribution in [0.5, 0.6) is 0 Å². The lowest BCUT2D eigenvalue weighted by Gasteiger charge is -2.24. The van der Waals surface area contributed by atoms with Crippen molar-refractivity contribution in [3.63, 3.8) is 0 Å². The lowest BCUT2D eigenvalue weighted by atomic mass is 10.1. The van der Waals surface area contributed by atoms with Crippen molar-refractivity contribution in [2.45, 2.75) is 25.1 Å². The lowest BCUT2D eigenvalue weighted by Crippen LogP contribution is -2.27.